The second kappa shape index (κ2) is 3.72. The number of alkyl halides is 1. The highest BCUT2D eigenvalue weighted by Gasteiger charge is 2.12. The van der Waals surface area contributed by atoms with Gasteiger partial charge in [-0.3, -0.25) is 0 Å². The number of hydrogen-bond acceptors (Lipinski definition) is 1. The summed E-state index contributed by atoms with van der Waals surface area (Å²) in [6, 6.07) is 2.42. The van der Waals surface area contributed by atoms with Gasteiger partial charge >= 0.3 is 0 Å². The largest absolute Gasteiger partial charge is 0.491 e. The molecule has 0 radical (unpaired) electrons. The Morgan fingerprint density at radius 3 is 2.58 bits per heavy atom. The third-order valence-electron chi connectivity index (χ3n) is 1.48. The van der Waals surface area contributed by atoms with E-state index < -0.39 is 11.6 Å². The van der Waals surface area contributed by atoms with E-state index in [1.807, 2.05) is 0 Å². The zero-order valence-corrected chi connectivity index (χ0v) is 7.16. The van der Waals surface area contributed by atoms with Crippen molar-refractivity contribution in [1.29, 1.82) is 0 Å². The van der Waals surface area contributed by atoms with E-state index in [-0.39, 0.29) is 17.2 Å². The highest BCUT2D eigenvalue weighted by atomic mass is 35.5. The molecule has 66 valence electrons. The van der Waals surface area contributed by atoms with Crippen LogP contribution in [-0.4, -0.2) is 7.11 Å². The van der Waals surface area contributed by atoms with Gasteiger partial charge in [-0.05, 0) is 6.07 Å². The molecule has 0 fully saturated rings. The predicted octanol–water partition coefficient (Wildman–Crippen LogP) is 2.71. The topological polar surface area (TPSA) is 9.23 Å². The maximum atomic E-state index is 13.1. The van der Waals surface area contributed by atoms with Crippen LogP contribution < -0.4 is 4.74 Å². The van der Waals surface area contributed by atoms with Crippen molar-refractivity contribution < 1.29 is 13.5 Å². The summed E-state index contributed by atoms with van der Waals surface area (Å²) >= 11 is 5.40. The Hall–Kier alpha value is -0.830. The lowest BCUT2D eigenvalue weighted by Gasteiger charge is -2.05. The van der Waals surface area contributed by atoms with Gasteiger partial charge in [-0.1, -0.05) is 6.07 Å². The number of methoxy groups -OCH3 is 1. The van der Waals surface area contributed by atoms with Crippen LogP contribution in [0.15, 0.2) is 12.1 Å². The van der Waals surface area contributed by atoms with Gasteiger partial charge < -0.3 is 4.74 Å². The Morgan fingerprint density at radius 2 is 2.08 bits per heavy atom. The second-order valence-electron chi connectivity index (χ2n) is 2.19. The van der Waals surface area contributed by atoms with Crippen LogP contribution in [0.3, 0.4) is 0 Å². The van der Waals surface area contributed by atoms with Crippen LogP contribution in [-0.2, 0) is 5.88 Å². The van der Waals surface area contributed by atoms with Crippen LogP contribution in [0, 0.1) is 11.6 Å². The summed E-state index contributed by atoms with van der Waals surface area (Å²) in [4.78, 5) is 0. The molecule has 4 heteroatoms. The first-order chi connectivity index (χ1) is 5.70. The highest BCUT2D eigenvalue weighted by molar-refractivity contribution is 6.17. The van der Waals surface area contributed by atoms with Crippen LogP contribution in [0.1, 0.15) is 5.56 Å². The fourth-order valence-electron chi connectivity index (χ4n) is 0.864. The van der Waals surface area contributed by atoms with Crippen LogP contribution in [0.4, 0.5) is 8.78 Å². The van der Waals surface area contributed by atoms with Crippen molar-refractivity contribution in [2.45, 2.75) is 5.88 Å². The molecule has 1 nitrogen and oxygen atoms in total. The molecular formula is C8H7ClF2O. The Bertz CT molecular complexity index is 289. The molecule has 0 aliphatic carbocycles. The molecule has 0 saturated carbocycles. The molecule has 0 atom stereocenters. The number of rotatable bonds is 2. The minimum absolute atomic E-state index is 0.00245. The molecular weight excluding hydrogens is 186 g/mol. The Morgan fingerprint density at radius 1 is 1.42 bits per heavy atom. The van der Waals surface area contributed by atoms with Gasteiger partial charge in [0.2, 0.25) is 0 Å². The highest BCUT2D eigenvalue weighted by Crippen LogP contribution is 2.24. The molecule has 0 aromatic heterocycles. The van der Waals surface area contributed by atoms with Crippen molar-refractivity contribution in [2.75, 3.05) is 7.11 Å². The lowest BCUT2D eigenvalue weighted by molar-refractivity contribution is 0.358. The van der Waals surface area contributed by atoms with Gasteiger partial charge in [0.1, 0.15) is 0 Å². The number of ether oxygens (including phenoxy) is 1. The standard InChI is InChI=1S/C8H7ClF2O/c1-12-8-6(10)3-2-5(4-9)7(8)11/h2-3H,4H2,1H3. The molecule has 1 rings (SSSR count). The SMILES string of the molecule is COc1c(F)ccc(CCl)c1F. The first kappa shape index (κ1) is 9.26. The molecule has 0 aliphatic rings. The van der Waals surface area contributed by atoms with Crippen molar-refractivity contribution in [3.05, 3.63) is 29.3 Å². The third kappa shape index (κ3) is 1.50. The fraction of sp³-hybridized carbons (Fsp3) is 0.250. The zero-order chi connectivity index (χ0) is 9.14. The fourth-order valence-corrected chi connectivity index (χ4v) is 1.07. The predicted molar refractivity (Wildman–Crippen MR) is 42.5 cm³/mol. The van der Waals surface area contributed by atoms with Gasteiger partial charge in [0.25, 0.3) is 0 Å². The molecule has 1 aromatic rings. The molecule has 1 aromatic carbocycles. The van der Waals surface area contributed by atoms with Crippen LogP contribution >= 0.6 is 11.6 Å². The number of benzene rings is 1. The Kier molecular flexibility index (Phi) is 2.87. The van der Waals surface area contributed by atoms with Crippen molar-refractivity contribution in [3.63, 3.8) is 0 Å². The summed E-state index contributed by atoms with van der Waals surface area (Å²) < 4.78 is 30.4. The number of hydrogen-bond donors (Lipinski definition) is 0. The van der Waals surface area contributed by atoms with Crippen LogP contribution in [0.25, 0.3) is 0 Å². The monoisotopic (exact) mass is 192 g/mol. The van der Waals surface area contributed by atoms with Crippen molar-refractivity contribution in [3.8, 4) is 5.75 Å². The van der Waals surface area contributed by atoms with Crippen molar-refractivity contribution in [1.82, 2.24) is 0 Å². The lowest BCUT2D eigenvalue weighted by Crippen LogP contribution is -1.96. The molecule has 0 unspecified atom stereocenters. The van der Waals surface area contributed by atoms with Crippen LogP contribution in [0.2, 0.25) is 0 Å². The molecule has 0 amide bonds. The van der Waals surface area contributed by atoms with E-state index in [0.717, 1.165) is 6.07 Å². The first-order valence-electron chi connectivity index (χ1n) is 3.27. The molecule has 0 spiro atoms. The van der Waals surface area contributed by atoms with E-state index in [2.05, 4.69) is 4.74 Å². The third-order valence-corrected chi connectivity index (χ3v) is 1.77. The number of halogens is 3. The molecule has 0 N–H and O–H groups in total. The molecule has 0 aliphatic heterocycles. The summed E-state index contributed by atoms with van der Waals surface area (Å²) in [6.07, 6.45) is 0. The van der Waals surface area contributed by atoms with E-state index in [0.29, 0.717) is 0 Å². The van der Waals surface area contributed by atoms with Crippen molar-refractivity contribution in [2.24, 2.45) is 0 Å². The molecule has 0 heterocycles. The normalized spacial score (nSPS) is 10.0. The van der Waals surface area contributed by atoms with Gasteiger partial charge in [0, 0.05) is 5.56 Å². The van der Waals surface area contributed by atoms with Gasteiger partial charge in [0.15, 0.2) is 17.4 Å². The molecule has 0 bridgehead atoms. The molecule has 0 saturated heterocycles. The zero-order valence-electron chi connectivity index (χ0n) is 6.40. The maximum absolute atomic E-state index is 13.1. The van der Waals surface area contributed by atoms with E-state index in [4.69, 9.17) is 11.6 Å². The van der Waals surface area contributed by atoms with Gasteiger partial charge in [-0.2, -0.15) is 0 Å². The van der Waals surface area contributed by atoms with Crippen molar-refractivity contribution >= 4 is 11.6 Å². The summed E-state index contributed by atoms with van der Waals surface area (Å²) in [5.74, 6) is -1.83. The Labute approximate surface area is 73.9 Å². The maximum Gasteiger partial charge on any atom is 0.190 e. The minimum Gasteiger partial charge on any atom is -0.491 e. The van der Waals surface area contributed by atoms with E-state index in [9.17, 15) is 8.78 Å². The Balaban J connectivity index is 3.24. The quantitative estimate of drug-likeness (QED) is 0.655. The van der Waals surface area contributed by atoms with E-state index >= 15 is 0 Å². The van der Waals surface area contributed by atoms with Gasteiger partial charge in [-0.15, -0.1) is 11.6 Å². The minimum atomic E-state index is -0.729. The summed E-state index contributed by atoms with van der Waals surface area (Å²) in [5, 5.41) is 0. The second-order valence-corrected chi connectivity index (χ2v) is 2.45. The average molecular weight is 193 g/mol. The van der Waals surface area contributed by atoms with E-state index in [1.165, 1.54) is 13.2 Å². The summed E-state index contributed by atoms with van der Waals surface area (Å²) in [6.45, 7) is 0. The smallest absolute Gasteiger partial charge is 0.190 e. The molecule has 12 heavy (non-hydrogen) atoms. The van der Waals surface area contributed by atoms with E-state index in [1.54, 1.807) is 0 Å². The van der Waals surface area contributed by atoms with Gasteiger partial charge in [-0.25, -0.2) is 8.78 Å². The average Bonchev–Trinajstić information content (AvgIpc) is 2.06. The summed E-state index contributed by atoms with van der Waals surface area (Å²) in [5.41, 5.74) is 0.231. The lowest BCUT2D eigenvalue weighted by atomic mass is 10.2. The summed E-state index contributed by atoms with van der Waals surface area (Å²) in [7, 11) is 1.21. The van der Waals surface area contributed by atoms with Gasteiger partial charge in [0.05, 0.1) is 13.0 Å². The van der Waals surface area contributed by atoms with Crippen LogP contribution in [0.5, 0.6) is 5.75 Å². The first-order valence-corrected chi connectivity index (χ1v) is 3.81.